The van der Waals surface area contributed by atoms with Crippen molar-refractivity contribution >= 4 is 51.3 Å². The van der Waals surface area contributed by atoms with Crippen molar-refractivity contribution < 1.29 is 9.47 Å². The summed E-state index contributed by atoms with van der Waals surface area (Å²) in [5, 5.41) is 5.17. The molecule has 33 heavy (non-hydrogen) atoms. The summed E-state index contributed by atoms with van der Waals surface area (Å²) in [6, 6.07) is 17.8. The van der Waals surface area contributed by atoms with Crippen molar-refractivity contribution in [2.45, 2.75) is 13.5 Å². The maximum Gasteiger partial charge on any atom is 0.349 e. The SMILES string of the molecule is CCOc1cc(C=Nn2c(=O)[nH]c3ccccc3c2=O)cc(I)c1OCc1ccc(Cl)cc1. The summed E-state index contributed by atoms with van der Waals surface area (Å²) >= 11 is 8.10. The molecule has 0 aliphatic carbocycles. The molecule has 0 bridgehead atoms. The minimum atomic E-state index is -0.613. The van der Waals surface area contributed by atoms with Crippen LogP contribution in [0.1, 0.15) is 18.1 Å². The van der Waals surface area contributed by atoms with Crippen molar-refractivity contribution in [2.75, 3.05) is 6.61 Å². The zero-order chi connectivity index (χ0) is 23.4. The van der Waals surface area contributed by atoms with E-state index >= 15 is 0 Å². The van der Waals surface area contributed by atoms with Gasteiger partial charge in [-0.1, -0.05) is 35.9 Å². The van der Waals surface area contributed by atoms with Crippen molar-refractivity contribution in [3.8, 4) is 11.5 Å². The van der Waals surface area contributed by atoms with Gasteiger partial charge in [-0.3, -0.25) is 4.79 Å². The highest BCUT2D eigenvalue weighted by atomic mass is 127. The van der Waals surface area contributed by atoms with E-state index in [4.69, 9.17) is 21.1 Å². The van der Waals surface area contributed by atoms with Crippen molar-refractivity contribution in [2.24, 2.45) is 5.10 Å². The monoisotopic (exact) mass is 575 g/mol. The van der Waals surface area contributed by atoms with E-state index in [1.807, 2.05) is 37.3 Å². The molecule has 4 aromatic rings. The third kappa shape index (κ3) is 5.28. The number of rotatable bonds is 7. The minimum absolute atomic E-state index is 0.350. The molecule has 9 heteroatoms. The molecule has 168 valence electrons. The van der Waals surface area contributed by atoms with Gasteiger partial charge in [-0.2, -0.15) is 5.10 Å². The summed E-state index contributed by atoms with van der Waals surface area (Å²) in [5.74, 6) is 1.14. The molecule has 7 nitrogen and oxygen atoms in total. The fraction of sp³-hybridized carbons (Fsp3) is 0.125. The zero-order valence-electron chi connectivity index (χ0n) is 17.5. The molecule has 1 heterocycles. The molecule has 1 N–H and O–H groups in total. The predicted molar refractivity (Wildman–Crippen MR) is 138 cm³/mol. The quantitative estimate of drug-likeness (QED) is 0.253. The van der Waals surface area contributed by atoms with Crippen LogP contribution in [0.5, 0.6) is 11.5 Å². The van der Waals surface area contributed by atoms with Gasteiger partial charge < -0.3 is 14.5 Å². The highest BCUT2D eigenvalue weighted by Crippen LogP contribution is 2.34. The number of H-pyrrole nitrogens is 1. The van der Waals surface area contributed by atoms with Crippen LogP contribution in [0.2, 0.25) is 5.02 Å². The molecular formula is C24H19ClIN3O4. The Balaban J connectivity index is 1.64. The van der Waals surface area contributed by atoms with E-state index in [9.17, 15) is 9.59 Å². The third-order valence-electron chi connectivity index (χ3n) is 4.73. The van der Waals surface area contributed by atoms with Gasteiger partial charge in [0.2, 0.25) is 0 Å². The van der Waals surface area contributed by atoms with E-state index in [1.54, 1.807) is 30.3 Å². The Kier molecular flexibility index (Phi) is 7.14. The molecule has 0 radical (unpaired) electrons. The van der Waals surface area contributed by atoms with Crippen LogP contribution in [0.4, 0.5) is 0 Å². The lowest BCUT2D eigenvalue weighted by Gasteiger charge is -2.15. The van der Waals surface area contributed by atoms with Crippen LogP contribution in [-0.2, 0) is 6.61 Å². The fourth-order valence-electron chi connectivity index (χ4n) is 3.18. The summed E-state index contributed by atoms with van der Waals surface area (Å²) in [5.41, 5.74) is 0.986. The van der Waals surface area contributed by atoms with Crippen LogP contribution >= 0.6 is 34.2 Å². The summed E-state index contributed by atoms with van der Waals surface area (Å²) in [6.45, 7) is 2.67. The van der Waals surface area contributed by atoms with E-state index in [1.165, 1.54) is 6.21 Å². The summed E-state index contributed by atoms with van der Waals surface area (Å²) in [7, 11) is 0. The number of para-hydroxylation sites is 1. The average molecular weight is 576 g/mol. The second-order valence-corrected chi connectivity index (χ2v) is 8.61. The molecule has 0 saturated heterocycles. The van der Waals surface area contributed by atoms with Crippen LogP contribution in [0.3, 0.4) is 0 Å². The largest absolute Gasteiger partial charge is 0.490 e. The molecular weight excluding hydrogens is 557 g/mol. The molecule has 0 saturated carbocycles. The van der Waals surface area contributed by atoms with Crippen molar-refractivity contribution in [3.05, 3.63) is 101 Å². The fourth-order valence-corrected chi connectivity index (χ4v) is 4.09. The maximum absolute atomic E-state index is 12.7. The van der Waals surface area contributed by atoms with Gasteiger partial charge in [-0.05, 0) is 77.0 Å². The van der Waals surface area contributed by atoms with Crippen LogP contribution in [-0.4, -0.2) is 22.5 Å². The van der Waals surface area contributed by atoms with Gasteiger partial charge in [0.05, 0.1) is 27.3 Å². The topological polar surface area (TPSA) is 85.7 Å². The number of benzene rings is 3. The van der Waals surface area contributed by atoms with E-state index in [-0.39, 0.29) is 0 Å². The smallest absolute Gasteiger partial charge is 0.349 e. The number of halogens is 2. The Labute approximate surface area is 207 Å². The number of nitrogens with one attached hydrogen (secondary N) is 1. The lowest BCUT2D eigenvalue weighted by atomic mass is 10.2. The van der Waals surface area contributed by atoms with Crippen molar-refractivity contribution in [1.82, 2.24) is 9.66 Å². The Hall–Kier alpha value is -3.11. The number of fused-ring (bicyclic) bond motifs is 1. The lowest BCUT2D eigenvalue weighted by molar-refractivity contribution is 0.267. The Morgan fingerprint density at radius 3 is 2.61 bits per heavy atom. The second kappa shape index (κ2) is 10.2. The molecule has 3 aromatic carbocycles. The summed E-state index contributed by atoms with van der Waals surface area (Å²) in [6.07, 6.45) is 1.44. The first-order valence-electron chi connectivity index (χ1n) is 10.1. The number of aromatic amines is 1. The first-order valence-corrected chi connectivity index (χ1v) is 11.5. The van der Waals surface area contributed by atoms with Crippen LogP contribution < -0.4 is 20.7 Å². The van der Waals surface area contributed by atoms with Gasteiger partial charge in [0.25, 0.3) is 5.56 Å². The maximum atomic E-state index is 12.7. The van der Waals surface area contributed by atoms with E-state index in [0.717, 1.165) is 13.8 Å². The average Bonchev–Trinajstić information content (AvgIpc) is 2.80. The standard InChI is InChI=1S/C24H19ClIN3O4/c1-2-32-21-12-16(11-19(26)22(21)33-14-15-7-9-17(25)10-8-15)13-27-29-23(30)18-5-3-4-6-20(18)28-24(29)31/h3-13H,2,14H2,1H3,(H,28,31). The number of aromatic nitrogens is 2. The first kappa shape index (κ1) is 23.1. The number of nitrogens with zero attached hydrogens (tertiary/aromatic N) is 2. The summed E-state index contributed by atoms with van der Waals surface area (Å²) < 4.78 is 13.4. The number of hydrogen-bond acceptors (Lipinski definition) is 5. The third-order valence-corrected chi connectivity index (χ3v) is 5.79. The Morgan fingerprint density at radius 2 is 1.85 bits per heavy atom. The van der Waals surface area contributed by atoms with Crippen LogP contribution in [0.25, 0.3) is 10.9 Å². The van der Waals surface area contributed by atoms with Crippen molar-refractivity contribution in [3.63, 3.8) is 0 Å². The minimum Gasteiger partial charge on any atom is -0.490 e. The van der Waals surface area contributed by atoms with Crippen molar-refractivity contribution in [1.29, 1.82) is 0 Å². The van der Waals surface area contributed by atoms with Gasteiger partial charge in [0, 0.05) is 5.02 Å². The lowest BCUT2D eigenvalue weighted by Crippen LogP contribution is -2.32. The van der Waals surface area contributed by atoms with Gasteiger partial charge in [-0.25, -0.2) is 4.79 Å². The molecule has 0 aliphatic heterocycles. The van der Waals surface area contributed by atoms with Gasteiger partial charge in [-0.15, -0.1) is 4.68 Å². The van der Waals surface area contributed by atoms with Gasteiger partial charge >= 0.3 is 5.69 Å². The van der Waals surface area contributed by atoms with Gasteiger partial charge in [0.1, 0.15) is 6.61 Å². The molecule has 0 unspecified atom stereocenters. The van der Waals surface area contributed by atoms with E-state index in [2.05, 4.69) is 32.7 Å². The van der Waals surface area contributed by atoms with Crippen LogP contribution in [0.15, 0.2) is 75.4 Å². The molecule has 0 spiro atoms. The van der Waals surface area contributed by atoms with Crippen LogP contribution in [0, 0.1) is 3.57 Å². The Bertz CT molecular complexity index is 1450. The first-order chi connectivity index (χ1) is 16.0. The van der Waals surface area contributed by atoms with Gasteiger partial charge in [0.15, 0.2) is 11.5 Å². The second-order valence-electron chi connectivity index (χ2n) is 7.02. The highest BCUT2D eigenvalue weighted by molar-refractivity contribution is 14.1. The molecule has 0 atom stereocenters. The molecule has 0 fully saturated rings. The Morgan fingerprint density at radius 1 is 1.09 bits per heavy atom. The molecule has 0 aliphatic rings. The number of ether oxygens (including phenoxy) is 2. The summed E-state index contributed by atoms with van der Waals surface area (Å²) in [4.78, 5) is 27.7. The number of hydrogen-bond donors (Lipinski definition) is 1. The normalized spacial score (nSPS) is 11.2. The predicted octanol–water partition coefficient (Wildman–Crippen LogP) is 4.81. The van der Waals surface area contributed by atoms with E-state index in [0.29, 0.717) is 46.2 Å². The molecule has 4 rings (SSSR count). The van der Waals surface area contributed by atoms with E-state index < -0.39 is 11.2 Å². The zero-order valence-corrected chi connectivity index (χ0v) is 20.5. The highest BCUT2D eigenvalue weighted by Gasteiger charge is 2.13. The molecule has 1 aromatic heterocycles. The molecule has 0 amide bonds.